The van der Waals surface area contributed by atoms with Gasteiger partial charge in [-0.2, -0.15) is 0 Å². The molecule has 3 aromatic rings. The number of hydrogen-bond donors (Lipinski definition) is 1. The Morgan fingerprint density at radius 2 is 1.62 bits per heavy atom. The molecule has 0 fully saturated rings. The molecule has 3 aromatic carbocycles. The maximum atomic E-state index is 13.8. The molecule has 0 bridgehead atoms. The Labute approximate surface area is 173 Å². The van der Waals surface area contributed by atoms with Crippen LogP contribution in [0.15, 0.2) is 77.7 Å². The standard InChI is InChI=1S/C21H18ClFN2O3S/c1-25(14-16-4-2-3-5-20(16)23)21(26)15-6-12-19(13-7-15)29(27,28)24-18-10-8-17(22)9-11-18/h2-13,24H,14H2,1H3. The minimum Gasteiger partial charge on any atom is -0.337 e. The van der Waals surface area contributed by atoms with Crippen LogP contribution in [0.25, 0.3) is 0 Å². The third kappa shape index (κ3) is 5.13. The maximum Gasteiger partial charge on any atom is 0.261 e. The van der Waals surface area contributed by atoms with E-state index in [9.17, 15) is 17.6 Å². The van der Waals surface area contributed by atoms with Crippen LogP contribution in [-0.4, -0.2) is 26.3 Å². The summed E-state index contributed by atoms with van der Waals surface area (Å²) >= 11 is 5.80. The Morgan fingerprint density at radius 3 is 2.24 bits per heavy atom. The lowest BCUT2D eigenvalue weighted by molar-refractivity contribution is 0.0783. The van der Waals surface area contributed by atoms with Gasteiger partial charge < -0.3 is 4.90 Å². The summed E-state index contributed by atoms with van der Waals surface area (Å²) in [4.78, 5) is 14.0. The lowest BCUT2D eigenvalue weighted by Crippen LogP contribution is -2.26. The summed E-state index contributed by atoms with van der Waals surface area (Å²) < 4.78 is 41.2. The van der Waals surface area contributed by atoms with Crippen molar-refractivity contribution in [3.05, 3.63) is 94.8 Å². The van der Waals surface area contributed by atoms with Crippen molar-refractivity contribution in [1.82, 2.24) is 4.90 Å². The number of amides is 1. The highest BCUT2D eigenvalue weighted by atomic mass is 35.5. The molecule has 8 heteroatoms. The minimum absolute atomic E-state index is 0.0146. The van der Waals surface area contributed by atoms with Crippen molar-refractivity contribution in [2.24, 2.45) is 0 Å². The van der Waals surface area contributed by atoms with Crippen molar-refractivity contribution in [3.63, 3.8) is 0 Å². The predicted molar refractivity (Wildman–Crippen MR) is 111 cm³/mol. The SMILES string of the molecule is CN(Cc1ccccc1F)C(=O)c1ccc(S(=O)(=O)Nc2ccc(Cl)cc2)cc1. The molecule has 3 rings (SSSR count). The molecule has 0 atom stereocenters. The van der Waals surface area contributed by atoms with E-state index < -0.39 is 10.0 Å². The second kappa shape index (κ2) is 8.63. The third-order valence-corrected chi connectivity index (χ3v) is 5.87. The van der Waals surface area contributed by atoms with E-state index in [4.69, 9.17) is 11.6 Å². The highest BCUT2D eigenvalue weighted by Gasteiger charge is 2.17. The molecule has 1 N–H and O–H groups in total. The topological polar surface area (TPSA) is 66.5 Å². The van der Waals surface area contributed by atoms with Crippen LogP contribution in [0, 0.1) is 5.82 Å². The van der Waals surface area contributed by atoms with Crippen molar-refractivity contribution < 1.29 is 17.6 Å². The summed E-state index contributed by atoms with van der Waals surface area (Å²) in [6.45, 7) is 0.101. The van der Waals surface area contributed by atoms with E-state index in [-0.39, 0.29) is 23.2 Å². The molecule has 0 saturated carbocycles. The minimum atomic E-state index is -3.81. The second-order valence-corrected chi connectivity index (χ2v) is 8.51. The van der Waals surface area contributed by atoms with Crippen LogP contribution in [0.1, 0.15) is 15.9 Å². The van der Waals surface area contributed by atoms with Crippen molar-refractivity contribution in [3.8, 4) is 0 Å². The number of sulfonamides is 1. The van der Waals surface area contributed by atoms with E-state index in [2.05, 4.69) is 4.72 Å². The molecule has 0 radical (unpaired) electrons. The monoisotopic (exact) mass is 432 g/mol. The van der Waals surface area contributed by atoms with Crippen molar-refractivity contribution in [1.29, 1.82) is 0 Å². The molecule has 1 amide bonds. The largest absolute Gasteiger partial charge is 0.337 e. The van der Waals surface area contributed by atoms with Gasteiger partial charge in [0, 0.05) is 35.4 Å². The van der Waals surface area contributed by atoms with E-state index in [1.54, 1.807) is 49.5 Å². The fourth-order valence-corrected chi connectivity index (χ4v) is 3.87. The zero-order valence-corrected chi connectivity index (χ0v) is 17.0. The molecule has 29 heavy (non-hydrogen) atoms. The van der Waals surface area contributed by atoms with Crippen LogP contribution < -0.4 is 4.72 Å². The molecule has 0 saturated heterocycles. The summed E-state index contributed by atoms with van der Waals surface area (Å²) in [5, 5.41) is 0.496. The van der Waals surface area contributed by atoms with Crippen LogP contribution in [0.3, 0.4) is 0 Å². The van der Waals surface area contributed by atoms with Gasteiger partial charge in [-0.15, -0.1) is 0 Å². The number of hydrogen-bond acceptors (Lipinski definition) is 3. The number of nitrogens with one attached hydrogen (secondary N) is 1. The fraction of sp³-hybridized carbons (Fsp3) is 0.0952. The number of anilines is 1. The van der Waals surface area contributed by atoms with Crippen LogP contribution in [0.5, 0.6) is 0 Å². The van der Waals surface area contributed by atoms with Gasteiger partial charge in [-0.1, -0.05) is 29.8 Å². The summed E-state index contributed by atoms with van der Waals surface area (Å²) in [6.07, 6.45) is 0. The van der Waals surface area contributed by atoms with E-state index >= 15 is 0 Å². The van der Waals surface area contributed by atoms with Gasteiger partial charge in [0.25, 0.3) is 15.9 Å². The fourth-order valence-electron chi connectivity index (χ4n) is 2.68. The van der Waals surface area contributed by atoms with Crippen LogP contribution in [0.2, 0.25) is 5.02 Å². The van der Waals surface area contributed by atoms with E-state index in [1.165, 1.54) is 35.2 Å². The van der Waals surface area contributed by atoms with E-state index in [0.29, 0.717) is 21.8 Å². The smallest absolute Gasteiger partial charge is 0.261 e. The number of carbonyl (C=O) groups excluding carboxylic acids is 1. The van der Waals surface area contributed by atoms with E-state index in [0.717, 1.165) is 0 Å². The molecular formula is C21H18ClFN2O3S. The average molecular weight is 433 g/mol. The number of carbonyl (C=O) groups is 1. The molecule has 150 valence electrons. The number of halogens is 2. The van der Waals surface area contributed by atoms with Crippen LogP contribution >= 0.6 is 11.6 Å². The highest BCUT2D eigenvalue weighted by molar-refractivity contribution is 7.92. The van der Waals surface area contributed by atoms with Crippen LogP contribution in [0.4, 0.5) is 10.1 Å². The Bertz CT molecular complexity index is 1120. The average Bonchev–Trinajstić information content (AvgIpc) is 2.71. The van der Waals surface area contributed by atoms with Gasteiger partial charge in [0.15, 0.2) is 0 Å². The molecule has 0 aromatic heterocycles. The highest BCUT2D eigenvalue weighted by Crippen LogP contribution is 2.19. The zero-order valence-electron chi connectivity index (χ0n) is 15.5. The van der Waals surface area contributed by atoms with Gasteiger partial charge in [0.05, 0.1) is 4.90 Å². The number of rotatable bonds is 6. The predicted octanol–water partition coefficient (Wildman–Crippen LogP) is 4.55. The first kappa shape index (κ1) is 20.8. The van der Waals surface area contributed by atoms with Crippen LogP contribution in [-0.2, 0) is 16.6 Å². The van der Waals surface area contributed by atoms with Gasteiger partial charge in [0.2, 0.25) is 0 Å². The summed E-state index contributed by atoms with van der Waals surface area (Å²) in [6, 6.07) is 18.0. The van der Waals surface area contributed by atoms with E-state index in [1.807, 2.05) is 0 Å². The Kier molecular flexibility index (Phi) is 6.20. The zero-order chi connectivity index (χ0) is 21.0. The Hall–Kier alpha value is -2.90. The molecular weight excluding hydrogens is 415 g/mol. The lowest BCUT2D eigenvalue weighted by atomic mass is 10.1. The van der Waals surface area contributed by atoms with Gasteiger partial charge in [-0.05, 0) is 54.6 Å². The van der Waals surface area contributed by atoms with Gasteiger partial charge in [0.1, 0.15) is 5.82 Å². The maximum absolute atomic E-state index is 13.8. The van der Waals surface area contributed by atoms with Gasteiger partial charge >= 0.3 is 0 Å². The summed E-state index contributed by atoms with van der Waals surface area (Å²) in [7, 11) is -2.25. The third-order valence-electron chi connectivity index (χ3n) is 4.22. The molecule has 0 aliphatic rings. The summed E-state index contributed by atoms with van der Waals surface area (Å²) in [5.41, 5.74) is 1.07. The Balaban J connectivity index is 1.72. The van der Waals surface area contributed by atoms with Crippen molar-refractivity contribution in [2.75, 3.05) is 11.8 Å². The second-order valence-electron chi connectivity index (χ2n) is 6.39. The Morgan fingerprint density at radius 1 is 1.00 bits per heavy atom. The van der Waals surface area contributed by atoms with Crippen molar-refractivity contribution >= 4 is 33.2 Å². The quantitative estimate of drug-likeness (QED) is 0.621. The normalized spacial score (nSPS) is 11.1. The summed E-state index contributed by atoms with van der Waals surface area (Å²) in [5.74, 6) is -0.732. The molecule has 0 heterocycles. The molecule has 0 aliphatic heterocycles. The molecule has 5 nitrogen and oxygen atoms in total. The molecule has 0 aliphatic carbocycles. The van der Waals surface area contributed by atoms with Gasteiger partial charge in [-0.3, -0.25) is 9.52 Å². The number of nitrogens with zero attached hydrogens (tertiary/aromatic N) is 1. The van der Waals surface area contributed by atoms with Gasteiger partial charge in [-0.25, -0.2) is 12.8 Å². The first-order valence-corrected chi connectivity index (χ1v) is 10.5. The molecule has 0 spiro atoms. The molecule has 0 unspecified atom stereocenters. The van der Waals surface area contributed by atoms with Crippen molar-refractivity contribution in [2.45, 2.75) is 11.4 Å². The number of benzene rings is 3. The first-order valence-electron chi connectivity index (χ1n) is 8.63. The lowest BCUT2D eigenvalue weighted by Gasteiger charge is -2.18. The first-order chi connectivity index (χ1) is 13.8.